The van der Waals surface area contributed by atoms with Gasteiger partial charge in [-0.3, -0.25) is 4.79 Å². The third kappa shape index (κ3) is 5.31. The molecule has 20 heavy (non-hydrogen) atoms. The minimum absolute atomic E-state index is 0.0934. The van der Waals surface area contributed by atoms with Gasteiger partial charge in [-0.15, -0.1) is 0 Å². The van der Waals surface area contributed by atoms with Gasteiger partial charge in [0.25, 0.3) is 5.91 Å². The van der Waals surface area contributed by atoms with Crippen molar-refractivity contribution in [3.8, 4) is 0 Å². The highest BCUT2D eigenvalue weighted by molar-refractivity contribution is 5.94. The van der Waals surface area contributed by atoms with Gasteiger partial charge in [-0.25, -0.2) is 0 Å². The molecule has 0 bridgehead atoms. The second-order valence-corrected chi connectivity index (χ2v) is 5.85. The van der Waals surface area contributed by atoms with Crippen LogP contribution < -0.4 is 5.73 Å². The fourth-order valence-corrected chi connectivity index (χ4v) is 2.05. The molecule has 112 valence electrons. The lowest BCUT2D eigenvalue weighted by atomic mass is 10.1. The number of hydrogen-bond donors (Lipinski definition) is 1. The van der Waals surface area contributed by atoms with E-state index in [-0.39, 0.29) is 5.91 Å². The highest BCUT2D eigenvalue weighted by Gasteiger charge is 2.17. The van der Waals surface area contributed by atoms with E-state index in [1.165, 1.54) is 0 Å². The quantitative estimate of drug-likeness (QED) is 0.827. The van der Waals surface area contributed by atoms with Gasteiger partial charge < -0.3 is 15.5 Å². The van der Waals surface area contributed by atoms with Gasteiger partial charge in [0.2, 0.25) is 0 Å². The first-order chi connectivity index (χ1) is 9.43. The van der Waals surface area contributed by atoms with Crippen molar-refractivity contribution in [1.29, 1.82) is 0 Å². The van der Waals surface area contributed by atoms with Crippen molar-refractivity contribution in [3.63, 3.8) is 0 Å². The molecule has 0 atom stereocenters. The van der Waals surface area contributed by atoms with Gasteiger partial charge in [-0.2, -0.15) is 0 Å². The smallest absolute Gasteiger partial charge is 0.253 e. The maximum atomic E-state index is 12.6. The molecular weight excluding hydrogens is 250 g/mol. The Bertz CT molecular complexity index is 429. The summed E-state index contributed by atoms with van der Waals surface area (Å²) in [6, 6.07) is 7.61. The van der Waals surface area contributed by atoms with Crippen molar-refractivity contribution in [1.82, 2.24) is 9.80 Å². The predicted molar refractivity (Wildman–Crippen MR) is 83.6 cm³/mol. The lowest BCUT2D eigenvalue weighted by molar-refractivity contribution is 0.0724. The van der Waals surface area contributed by atoms with Crippen LogP contribution in [-0.4, -0.2) is 49.4 Å². The summed E-state index contributed by atoms with van der Waals surface area (Å²) in [5.74, 6) is 0.551. The molecule has 0 radical (unpaired) electrons. The van der Waals surface area contributed by atoms with E-state index >= 15 is 0 Å². The molecule has 1 amide bonds. The summed E-state index contributed by atoms with van der Waals surface area (Å²) < 4.78 is 0. The summed E-state index contributed by atoms with van der Waals surface area (Å²) in [6.07, 6.45) is 0. The van der Waals surface area contributed by atoms with Crippen LogP contribution in [0.2, 0.25) is 0 Å². The van der Waals surface area contributed by atoms with Gasteiger partial charge in [0.1, 0.15) is 0 Å². The molecule has 0 unspecified atom stereocenters. The SMILES string of the molecule is CC(C)CN(CCN(C)C)C(=O)c1cccc(CN)c1. The summed E-state index contributed by atoms with van der Waals surface area (Å²) >= 11 is 0. The Morgan fingerprint density at radius 2 is 1.95 bits per heavy atom. The molecular formula is C16H27N3O. The van der Waals surface area contributed by atoms with Crippen molar-refractivity contribution in [3.05, 3.63) is 35.4 Å². The zero-order chi connectivity index (χ0) is 15.1. The van der Waals surface area contributed by atoms with E-state index in [2.05, 4.69) is 18.7 Å². The first-order valence-electron chi connectivity index (χ1n) is 7.17. The van der Waals surface area contributed by atoms with E-state index in [1.807, 2.05) is 43.3 Å². The number of carbonyl (C=O) groups excluding carboxylic acids is 1. The highest BCUT2D eigenvalue weighted by atomic mass is 16.2. The van der Waals surface area contributed by atoms with Crippen LogP contribution in [0.3, 0.4) is 0 Å². The molecule has 0 aliphatic carbocycles. The van der Waals surface area contributed by atoms with Crippen LogP contribution >= 0.6 is 0 Å². The molecule has 0 fully saturated rings. The summed E-state index contributed by atoms with van der Waals surface area (Å²) in [7, 11) is 4.04. The average molecular weight is 277 g/mol. The number of amides is 1. The van der Waals surface area contributed by atoms with Gasteiger partial charge in [-0.05, 0) is 37.7 Å². The Morgan fingerprint density at radius 3 is 2.50 bits per heavy atom. The number of carbonyl (C=O) groups is 1. The normalized spacial score (nSPS) is 11.2. The van der Waals surface area contributed by atoms with Crippen LogP contribution in [0.1, 0.15) is 29.8 Å². The van der Waals surface area contributed by atoms with E-state index in [0.29, 0.717) is 12.5 Å². The average Bonchev–Trinajstić information content (AvgIpc) is 2.42. The van der Waals surface area contributed by atoms with Crippen LogP contribution in [0, 0.1) is 5.92 Å². The number of likely N-dealkylation sites (N-methyl/N-ethyl adjacent to an activating group) is 1. The standard InChI is InChI=1S/C16H27N3O/c1-13(2)12-19(9-8-18(3)4)16(20)15-7-5-6-14(10-15)11-17/h5-7,10,13H,8-9,11-12,17H2,1-4H3. The van der Waals surface area contributed by atoms with E-state index < -0.39 is 0 Å². The number of nitrogens with zero attached hydrogens (tertiary/aromatic N) is 2. The lowest BCUT2D eigenvalue weighted by Gasteiger charge is -2.26. The van der Waals surface area contributed by atoms with Crippen LogP contribution in [0.15, 0.2) is 24.3 Å². The Labute approximate surface area is 122 Å². The van der Waals surface area contributed by atoms with E-state index in [9.17, 15) is 4.79 Å². The van der Waals surface area contributed by atoms with Crippen molar-refractivity contribution in [2.24, 2.45) is 11.7 Å². The highest BCUT2D eigenvalue weighted by Crippen LogP contribution is 2.10. The molecule has 1 rings (SSSR count). The first-order valence-corrected chi connectivity index (χ1v) is 7.17. The van der Waals surface area contributed by atoms with Crippen LogP contribution in [-0.2, 0) is 6.54 Å². The Hall–Kier alpha value is -1.39. The fourth-order valence-electron chi connectivity index (χ4n) is 2.05. The van der Waals surface area contributed by atoms with Crippen molar-refractivity contribution in [2.75, 3.05) is 33.7 Å². The second-order valence-electron chi connectivity index (χ2n) is 5.85. The molecule has 0 saturated carbocycles. The largest absolute Gasteiger partial charge is 0.337 e. The topological polar surface area (TPSA) is 49.6 Å². The number of benzene rings is 1. The number of rotatable bonds is 7. The minimum atomic E-state index is 0.0934. The van der Waals surface area contributed by atoms with Gasteiger partial charge >= 0.3 is 0 Å². The third-order valence-corrected chi connectivity index (χ3v) is 3.10. The molecule has 0 spiro atoms. The lowest BCUT2D eigenvalue weighted by Crippen LogP contribution is -2.39. The monoisotopic (exact) mass is 277 g/mol. The Kier molecular flexibility index (Phi) is 6.68. The summed E-state index contributed by atoms with van der Waals surface area (Å²) in [6.45, 7) is 7.12. The van der Waals surface area contributed by atoms with E-state index in [4.69, 9.17) is 5.73 Å². The van der Waals surface area contributed by atoms with Crippen LogP contribution in [0.25, 0.3) is 0 Å². The molecule has 4 nitrogen and oxygen atoms in total. The molecule has 1 aromatic carbocycles. The van der Waals surface area contributed by atoms with Crippen molar-refractivity contribution >= 4 is 5.91 Å². The van der Waals surface area contributed by atoms with Gasteiger partial charge in [0.05, 0.1) is 0 Å². The van der Waals surface area contributed by atoms with Gasteiger partial charge in [0, 0.05) is 31.7 Å². The van der Waals surface area contributed by atoms with Gasteiger partial charge in [-0.1, -0.05) is 26.0 Å². The number of hydrogen-bond acceptors (Lipinski definition) is 3. The van der Waals surface area contributed by atoms with Crippen molar-refractivity contribution in [2.45, 2.75) is 20.4 Å². The maximum absolute atomic E-state index is 12.6. The molecule has 2 N–H and O–H groups in total. The Morgan fingerprint density at radius 1 is 1.25 bits per heavy atom. The molecule has 0 aliphatic heterocycles. The molecule has 0 saturated heterocycles. The Balaban J connectivity index is 2.84. The molecule has 4 heteroatoms. The molecule has 1 aromatic rings. The number of nitrogens with two attached hydrogens (primary N) is 1. The summed E-state index contributed by atoms with van der Waals surface area (Å²) in [5.41, 5.74) is 7.37. The molecule has 0 aliphatic rings. The van der Waals surface area contributed by atoms with Gasteiger partial charge in [0.15, 0.2) is 0 Å². The van der Waals surface area contributed by atoms with Crippen LogP contribution in [0.5, 0.6) is 0 Å². The zero-order valence-corrected chi connectivity index (χ0v) is 13.1. The van der Waals surface area contributed by atoms with Crippen LogP contribution in [0.4, 0.5) is 0 Å². The van der Waals surface area contributed by atoms with E-state index in [1.54, 1.807) is 0 Å². The first kappa shape index (κ1) is 16.7. The fraction of sp³-hybridized carbons (Fsp3) is 0.562. The third-order valence-electron chi connectivity index (χ3n) is 3.10. The molecule has 0 heterocycles. The summed E-state index contributed by atoms with van der Waals surface area (Å²) in [5, 5.41) is 0. The predicted octanol–water partition coefficient (Wildman–Crippen LogP) is 1.81. The zero-order valence-electron chi connectivity index (χ0n) is 13.1. The maximum Gasteiger partial charge on any atom is 0.253 e. The minimum Gasteiger partial charge on any atom is -0.337 e. The second kappa shape index (κ2) is 8.02. The molecule has 0 aromatic heterocycles. The van der Waals surface area contributed by atoms with E-state index in [0.717, 1.165) is 30.8 Å². The summed E-state index contributed by atoms with van der Waals surface area (Å²) in [4.78, 5) is 16.7. The van der Waals surface area contributed by atoms with Crippen molar-refractivity contribution < 1.29 is 4.79 Å².